The topological polar surface area (TPSA) is 74.7 Å². The number of aromatic nitrogens is 1. The van der Waals surface area contributed by atoms with Crippen molar-refractivity contribution in [1.29, 1.82) is 0 Å². The predicted octanol–water partition coefficient (Wildman–Crippen LogP) is 2.75. The maximum Gasteiger partial charge on any atom is 0.259 e. The minimum atomic E-state index is -0.521. The van der Waals surface area contributed by atoms with Gasteiger partial charge in [0.25, 0.3) is 11.8 Å². The largest absolute Gasteiger partial charge is 0.350 e. The highest BCUT2D eigenvalue weighted by atomic mass is 32.1. The minimum Gasteiger partial charge on any atom is -0.350 e. The molecule has 2 aromatic heterocycles. The Morgan fingerprint density at radius 1 is 1.23 bits per heavy atom. The van der Waals surface area contributed by atoms with E-state index >= 15 is 0 Å². The lowest BCUT2D eigenvalue weighted by molar-refractivity contribution is 0.0627. The molecule has 0 unspecified atom stereocenters. The summed E-state index contributed by atoms with van der Waals surface area (Å²) in [5.41, 5.74) is -0.477. The third-order valence-electron chi connectivity index (χ3n) is 5.65. The number of hydrogen-bond acceptors (Lipinski definition) is 5. The first-order valence-electron chi connectivity index (χ1n) is 10.6. The molecule has 7 nitrogen and oxygen atoms in total. The third kappa shape index (κ3) is 5.51. The van der Waals surface area contributed by atoms with Crippen LogP contribution in [0.3, 0.4) is 0 Å². The second-order valence-electron chi connectivity index (χ2n) is 7.77. The molecule has 2 amide bonds. The van der Waals surface area contributed by atoms with Crippen LogP contribution in [0.1, 0.15) is 51.9 Å². The summed E-state index contributed by atoms with van der Waals surface area (Å²) < 4.78 is 1.80. The van der Waals surface area contributed by atoms with Gasteiger partial charge in [0.15, 0.2) is 0 Å². The van der Waals surface area contributed by atoms with Crippen LogP contribution >= 0.6 is 11.3 Å². The molecule has 1 aliphatic heterocycles. The average Bonchev–Trinajstić information content (AvgIpc) is 3.30. The minimum absolute atomic E-state index is 0.00988. The highest BCUT2D eigenvalue weighted by Gasteiger charge is 2.27. The molecule has 31 heavy (non-hydrogen) atoms. The molecule has 1 atom stereocenters. The molecule has 1 saturated heterocycles. The van der Waals surface area contributed by atoms with Crippen molar-refractivity contribution in [1.82, 2.24) is 19.7 Å². The zero-order chi connectivity index (χ0) is 22.4. The number of hydrogen-bond donors (Lipinski definition) is 1. The summed E-state index contributed by atoms with van der Waals surface area (Å²) in [6, 6.07) is 4.21. The second-order valence-corrected chi connectivity index (χ2v) is 8.80. The van der Waals surface area contributed by atoms with E-state index in [1.807, 2.05) is 19.9 Å². The van der Waals surface area contributed by atoms with Gasteiger partial charge < -0.3 is 14.8 Å². The van der Waals surface area contributed by atoms with Crippen molar-refractivity contribution in [2.75, 3.05) is 32.7 Å². The first kappa shape index (κ1) is 23.0. The Labute approximate surface area is 187 Å². The van der Waals surface area contributed by atoms with E-state index in [2.05, 4.69) is 28.2 Å². The summed E-state index contributed by atoms with van der Waals surface area (Å²) in [4.78, 5) is 44.1. The van der Waals surface area contributed by atoms with Gasteiger partial charge in [-0.05, 0) is 24.8 Å². The van der Waals surface area contributed by atoms with E-state index < -0.39 is 11.3 Å². The van der Waals surface area contributed by atoms with Crippen molar-refractivity contribution in [3.8, 4) is 0 Å². The Balaban J connectivity index is 1.80. The molecular weight excluding hydrogens is 412 g/mol. The number of pyridine rings is 1. The van der Waals surface area contributed by atoms with Gasteiger partial charge >= 0.3 is 0 Å². The summed E-state index contributed by atoms with van der Waals surface area (Å²) in [5, 5.41) is 4.71. The van der Waals surface area contributed by atoms with Crippen LogP contribution in [-0.2, 0) is 6.54 Å². The van der Waals surface area contributed by atoms with Crippen molar-refractivity contribution in [3.05, 3.63) is 68.8 Å². The number of nitrogens with one attached hydrogen (secondary N) is 1. The van der Waals surface area contributed by atoms with Gasteiger partial charge in [0.2, 0.25) is 5.43 Å². The number of carbonyl (C=O) groups excluding carboxylic acids is 2. The predicted molar refractivity (Wildman–Crippen MR) is 124 cm³/mol. The lowest BCUT2D eigenvalue weighted by Crippen LogP contribution is -2.49. The van der Waals surface area contributed by atoms with Gasteiger partial charge in [0, 0.05) is 62.6 Å². The first-order valence-corrected chi connectivity index (χ1v) is 11.5. The van der Waals surface area contributed by atoms with Crippen LogP contribution in [0.25, 0.3) is 0 Å². The Morgan fingerprint density at radius 2 is 1.94 bits per heavy atom. The molecule has 0 radical (unpaired) electrons. The van der Waals surface area contributed by atoms with Crippen LogP contribution in [0.5, 0.6) is 0 Å². The molecule has 0 aromatic carbocycles. The Morgan fingerprint density at radius 3 is 2.55 bits per heavy atom. The van der Waals surface area contributed by atoms with Gasteiger partial charge in [0.05, 0.1) is 0 Å². The molecule has 0 saturated carbocycles. The molecule has 0 spiro atoms. The zero-order valence-corrected chi connectivity index (χ0v) is 19.0. The maximum absolute atomic E-state index is 13.2. The molecule has 1 N–H and O–H groups in total. The van der Waals surface area contributed by atoms with E-state index in [1.54, 1.807) is 39.3 Å². The zero-order valence-electron chi connectivity index (χ0n) is 18.2. The summed E-state index contributed by atoms with van der Waals surface area (Å²) in [5.74, 6) is -0.798. The Bertz CT molecular complexity index is 975. The van der Waals surface area contributed by atoms with E-state index in [1.165, 1.54) is 4.88 Å². The summed E-state index contributed by atoms with van der Waals surface area (Å²) in [7, 11) is 0. The molecule has 0 bridgehead atoms. The van der Waals surface area contributed by atoms with Crippen LogP contribution in [-0.4, -0.2) is 58.9 Å². The fourth-order valence-electron chi connectivity index (χ4n) is 3.54. The highest BCUT2D eigenvalue weighted by Crippen LogP contribution is 2.16. The molecule has 166 valence electrons. The van der Waals surface area contributed by atoms with E-state index in [9.17, 15) is 14.4 Å². The van der Waals surface area contributed by atoms with Gasteiger partial charge in [-0.2, -0.15) is 0 Å². The quantitative estimate of drug-likeness (QED) is 0.638. The van der Waals surface area contributed by atoms with Crippen LogP contribution in [0.4, 0.5) is 0 Å². The Hall–Kier alpha value is -2.71. The lowest BCUT2D eigenvalue weighted by atomic mass is 10.1. The van der Waals surface area contributed by atoms with Crippen LogP contribution in [0, 0.1) is 0 Å². The van der Waals surface area contributed by atoms with Crippen molar-refractivity contribution in [2.45, 2.75) is 32.9 Å². The fraction of sp³-hybridized carbons (Fsp3) is 0.435. The Kier molecular flexibility index (Phi) is 7.81. The van der Waals surface area contributed by atoms with E-state index in [0.717, 1.165) is 26.1 Å². The summed E-state index contributed by atoms with van der Waals surface area (Å²) >= 11 is 1.73. The fourth-order valence-corrected chi connectivity index (χ4v) is 4.29. The normalized spacial score (nSPS) is 15.5. The number of nitrogens with zero attached hydrogens (tertiary/aromatic N) is 3. The highest BCUT2D eigenvalue weighted by molar-refractivity contribution is 7.09. The molecule has 2 aromatic rings. The number of carbonyl (C=O) groups is 2. The SMILES string of the molecule is C=CCNC(=O)c1cn([C@@H](C)CC)cc(C(=O)N2CCN(Cc3cccs3)CC2)c1=O. The number of thiophene rings is 1. The average molecular weight is 443 g/mol. The molecular formula is C23H30N4O3S. The van der Waals surface area contributed by atoms with Gasteiger partial charge in [-0.15, -0.1) is 17.9 Å². The number of amides is 2. The van der Waals surface area contributed by atoms with Gasteiger partial charge in [-0.25, -0.2) is 0 Å². The van der Waals surface area contributed by atoms with Crippen LogP contribution in [0.2, 0.25) is 0 Å². The van der Waals surface area contributed by atoms with Crippen molar-refractivity contribution in [3.63, 3.8) is 0 Å². The first-order chi connectivity index (χ1) is 14.9. The lowest BCUT2D eigenvalue weighted by Gasteiger charge is -2.34. The monoisotopic (exact) mass is 442 g/mol. The van der Waals surface area contributed by atoms with Crippen molar-refractivity contribution < 1.29 is 9.59 Å². The molecule has 1 aliphatic rings. The van der Waals surface area contributed by atoms with Gasteiger partial charge in [0.1, 0.15) is 11.1 Å². The van der Waals surface area contributed by atoms with Gasteiger partial charge in [-0.3, -0.25) is 19.3 Å². The number of piperazine rings is 1. The standard InChI is InChI=1S/C23H30N4O3S/c1-4-8-24-22(29)19-15-27(17(3)5-2)16-20(21(19)28)23(30)26-11-9-25(10-12-26)14-18-7-6-13-31-18/h4,6-7,13,15-17H,1,5,8-12,14H2,2-3H3,(H,24,29)/t17-/m0/s1. The van der Waals surface area contributed by atoms with Crippen LogP contribution < -0.4 is 10.7 Å². The van der Waals surface area contributed by atoms with E-state index in [0.29, 0.717) is 13.1 Å². The second kappa shape index (κ2) is 10.5. The maximum atomic E-state index is 13.2. The summed E-state index contributed by atoms with van der Waals surface area (Å²) in [6.45, 7) is 11.3. The smallest absolute Gasteiger partial charge is 0.259 e. The molecule has 1 fully saturated rings. The van der Waals surface area contributed by atoms with E-state index in [4.69, 9.17) is 0 Å². The molecule has 3 rings (SSSR count). The van der Waals surface area contributed by atoms with E-state index in [-0.39, 0.29) is 29.6 Å². The molecule has 3 heterocycles. The van der Waals surface area contributed by atoms with Crippen molar-refractivity contribution >= 4 is 23.2 Å². The van der Waals surface area contributed by atoms with Crippen LogP contribution in [0.15, 0.2) is 47.4 Å². The summed E-state index contributed by atoms with van der Waals surface area (Å²) in [6.07, 6.45) is 5.51. The number of rotatable bonds is 8. The van der Waals surface area contributed by atoms with Crippen molar-refractivity contribution in [2.24, 2.45) is 0 Å². The molecule has 0 aliphatic carbocycles. The van der Waals surface area contributed by atoms with Gasteiger partial charge in [-0.1, -0.05) is 19.1 Å². The third-order valence-corrected chi connectivity index (χ3v) is 6.51. The molecule has 8 heteroatoms.